The molecule has 2 radical (unpaired) electrons. The Hall–Kier alpha value is 0. The van der Waals surface area contributed by atoms with Gasteiger partial charge in [-0.05, 0) is 5.92 Å². The van der Waals surface area contributed by atoms with E-state index in [-0.39, 0.29) is 0 Å². The molecule has 0 nitrogen and oxygen atoms in total. The summed E-state index contributed by atoms with van der Waals surface area (Å²) < 4.78 is 0. The van der Waals surface area contributed by atoms with Gasteiger partial charge < -0.3 is 0 Å². The molecule has 0 saturated carbocycles. The van der Waals surface area contributed by atoms with Crippen molar-refractivity contribution >= 4 is 0 Å². The highest BCUT2D eigenvalue weighted by molar-refractivity contribution is 4.59. The molecule has 0 aromatic heterocycles. The second-order valence-electron chi connectivity index (χ2n) is 7.51. The fourth-order valence-corrected chi connectivity index (χ4v) is 3.46. The lowest BCUT2D eigenvalue weighted by molar-refractivity contribution is 0.440. The first-order chi connectivity index (χ1) is 11.3. The Morgan fingerprint density at radius 3 is 1.17 bits per heavy atom. The summed E-state index contributed by atoms with van der Waals surface area (Å²) in [7, 11) is 0. The summed E-state index contributed by atoms with van der Waals surface area (Å²) in [5.41, 5.74) is 0. The van der Waals surface area contributed by atoms with E-state index in [2.05, 4.69) is 20.8 Å². The van der Waals surface area contributed by atoms with Gasteiger partial charge in [-0.2, -0.15) is 0 Å². The van der Waals surface area contributed by atoms with E-state index in [9.17, 15) is 0 Å². The summed E-state index contributed by atoms with van der Waals surface area (Å²) in [6.07, 6.45) is 26.7. The normalized spacial score (nSPS) is 11.5. The molecule has 0 heteroatoms. The lowest BCUT2D eigenvalue weighted by atomic mass is 9.95. The molecule has 0 bridgehead atoms. The predicted octanol–water partition coefficient (Wildman–Crippen LogP) is 8.70. The first-order valence-electron chi connectivity index (χ1n) is 10.9. The van der Waals surface area contributed by atoms with Crippen LogP contribution in [0.15, 0.2) is 0 Å². The van der Waals surface area contributed by atoms with Crippen LogP contribution in [0.4, 0.5) is 0 Å². The third-order valence-electron chi connectivity index (χ3n) is 5.35. The minimum Gasteiger partial charge on any atom is -0.0651 e. The minimum atomic E-state index is 0.888. The lowest BCUT2D eigenvalue weighted by Gasteiger charge is -2.11. The van der Waals surface area contributed by atoms with Gasteiger partial charge in [0.2, 0.25) is 0 Å². The summed E-state index contributed by atoms with van der Waals surface area (Å²) in [6, 6.07) is 0. The standard InChI is InChI=1S/C23H46/c1-4-7-8-9-10-11-12-13-14-15-16-17-18-19-20-21-22-23(5-2)6-3/h23H,1-2,4-22H2,3H3. The molecule has 1 atom stereocenters. The van der Waals surface area contributed by atoms with E-state index in [1.165, 1.54) is 109 Å². The maximum absolute atomic E-state index is 4.05. The molecule has 0 fully saturated rings. The molecule has 0 aromatic carbocycles. The molecule has 0 rings (SSSR count). The maximum Gasteiger partial charge on any atom is -0.0417 e. The average Bonchev–Trinajstić information content (AvgIpc) is 2.58. The molecule has 0 spiro atoms. The molecule has 0 aliphatic heterocycles. The number of hydrogen-bond acceptors (Lipinski definition) is 0. The van der Waals surface area contributed by atoms with Crippen molar-refractivity contribution in [3.8, 4) is 0 Å². The minimum absolute atomic E-state index is 0.888. The first-order valence-corrected chi connectivity index (χ1v) is 10.9. The van der Waals surface area contributed by atoms with E-state index in [1.807, 2.05) is 0 Å². The van der Waals surface area contributed by atoms with Crippen molar-refractivity contribution in [1.82, 2.24) is 0 Å². The van der Waals surface area contributed by atoms with E-state index >= 15 is 0 Å². The monoisotopic (exact) mass is 322 g/mol. The Kier molecular flexibility index (Phi) is 20.0. The van der Waals surface area contributed by atoms with Crippen LogP contribution in [0, 0.1) is 19.8 Å². The molecule has 23 heavy (non-hydrogen) atoms. The van der Waals surface area contributed by atoms with Crippen LogP contribution < -0.4 is 0 Å². The fraction of sp³-hybridized carbons (Fsp3) is 0.913. The first kappa shape index (κ1) is 23.0. The summed E-state index contributed by atoms with van der Waals surface area (Å²) in [4.78, 5) is 0. The molecule has 0 aliphatic rings. The Balaban J connectivity index is 3.02. The molecule has 0 aliphatic carbocycles. The third-order valence-corrected chi connectivity index (χ3v) is 5.35. The Bertz CT molecular complexity index is 192. The van der Waals surface area contributed by atoms with E-state index in [4.69, 9.17) is 0 Å². The van der Waals surface area contributed by atoms with Gasteiger partial charge in [0.25, 0.3) is 0 Å². The lowest BCUT2D eigenvalue weighted by Crippen LogP contribution is -1.96. The van der Waals surface area contributed by atoms with E-state index in [0.717, 1.165) is 18.8 Å². The molecule has 0 amide bonds. The summed E-state index contributed by atoms with van der Waals surface area (Å²) in [6.45, 7) is 10.3. The number of rotatable bonds is 19. The second kappa shape index (κ2) is 20.0. The van der Waals surface area contributed by atoms with Crippen molar-refractivity contribution < 1.29 is 0 Å². The van der Waals surface area contributed by atoms with Gasteiger partial charge >= 0.3 is 0 Å². The van der Waals surface area contributed by atoms with Crippen LogP contribution in [-0.4, -0.2) is 0 Å². The molecule has 0 N–H and O–H groups in total. The molecule has 0 heterocycles. The van der Waals surface area contributed by atoms with Crippen molar-refractivity contribution in [3.63, 3.8) is 0 Å². The van der Waals surface area contributed by atoms with Gasteiger partial charge in [0.15, 0.2) is 0 Å². The molecular weight excluding hydrogens is 276 g/mol. The van der Waals surface area contributed by atoms with Gasteiger partial charge in [-0.25, -0.2) is 0 Å². The van der Waals surface area contributed by atoms with Crippen LogP contribution in [-0.2, 0) is 0 Å². The topological polar surface area (TPSA) is 0 Å². The highest BCUT2D eigenvalue weighted by atomic mass is 14.1. The van der Waals surface area contributed by atoms with E-state index in [1.54, 1.807) is 0 Å². The third kappa shape index (κ3) is 18.2. The van der Waals surface area contributed by atoms with Crippen LogP contribution in [0.1, 0.15) is 129 Å². The average molecular weight is 323 g/mol. The van der Waals surface area contributed by atoms with Crippen molar-refractivity contribution in [2.45, 2.75) is 129 Å². The second-order valence-corrected chi connectivity index (χ2v) is 7.51. The molecular formula is C23H46. The number of hydrogen-bond donors (Lipinski definition) is 0. The SMILES string of the molecule is [CH2]CCCCCCCCCCCCCCCCCC(C[CH2])CC. The Labute approximate surface area is 149 Å². The van der Waals surface area contributed by atoms with Crippen molar-refractivity contribution in [3.05, 3.63) is 13.8 Å². The largest absolute Gasteiger partial charge is 0.0651 e. The van der Waals surface area contributed by atoms with E-state index in [0.29, 0.717) is 0 Å². The van der Waals surface area contributed by atoms with Crippen LogP contribution in [0.5, 0.6) is 0 Å². The molecule has 0 saturated heterocycles. The maximum atomic E-state index is 4.05. The fourth-order valence-electron chi connectivity index (χ4n) is 3.46. The Morgan fingerprint density at radius 1 is 0.522 bits per heavy atom. The Morgan fingerprint density at radius 2 is 0.870 bits per heavy atom. The summed E-state index contributed by atoms with van der Waals surface area (Å²) in [5.74, 6) is 0.888. The summed E-state index contributed by atoms with van der Waals surface area (Å²) >= 11 is 0. The van der Waals surface area contributed by atoms with Gasteiger partial charge in [-0.1, -0.05) is 143 Å². The van der Waals surface area contributed by atoms with Crippen molar-refractivity contribution in [2.24, 2.45) is 5.92 Å². The van der Waals surface area contributed by atoms with Gasteiger partial charge in [0.1, 0.15) is 0 Å². The van der Waals surface area contributed by atoms with Crippen LogP contribution in [0.2, 0.25) is 0 Å². The van der Waals surface area contributed by atoms with Crippen molar-refractivity contribution in [2.75, 3.05) is 0 Å². The van der Waals surface area contributed by atoms with Gasteiger partial charge in [-0.3, -0.25) is 0 Å². The molecule has 0 aromatic rings. The quantitative estimate of drug-likeness (QED) is 0.209. The molecule has 1 unspecified atom stereocenters. The zero-order valence-corrected chi connectivity index (χ0v) is 16.4. The van der Waals surface area contributed by atoms with Gasteiger partial charge in [-0.15, -0.1) is 0 Å². The van der Waals surface area contributed by atoms with Crippen LogP contribution >= 0.6 is 0 Å². The number of unbranched alkanes of at least 4 members (excludes halogenated alkanes) is 15. The van der Waals surface area contributed by atoms with Gasteiger partial charge in [0, 0.05) is 0 Å². The highest BCUT2D eigenvalue weighted by Gasteiger charge is 2.02. The predicted molar refractivity (Wildman–Crippen MR) is 108 cm³/mol. The van der Waals surface area contributed by atoms with Crippen LogP contribution in [0.3, 0.4) is 0 Å². The smallest absolute Gasteiger partial charge is 0.0417 e. The van der Waals surface area contributed by atoms with Gasteiger partial charge in [0.05, 0.1) is 0 Å². The zero-order valence-electron chi connectivity index (χ0n) is 16.4. The van der Waals surface area contributed by atoms with E-state index < -0.39 is 0 Å². The summed E-state index contributed by atoms with van der Waals surface area (Å²) in [5, 5.41) is 0. The van der Waals surface area contributed by atoms with Crippen molar-refractivity contribution in [1.29, 1.82) is 0 Å². The van der Waals surface area contributed by atoms with Crippen LogP contribution in [0.25, 0.3) is 0 Å². The zero-order chi connectivity index (χ0) is 17.0. The molecule has 138 valence electrons. The highest BCUT2D eigenvalue weighted by Crippen LogP contribution is 2.18.